The van der Waals surface area contributed by atoms with Crippen molar-refractivity contribution in [3.05, 3.63) is 36.5 Å². The number of unbranched alkanes of at least 4 members (excludes halogenated alkanes) is 35. The van der Waals surface area contributed by atoms with E-state index in [2.05, 4.69) is 55.6 Å². The Kier molecular flexibility index (Phi) is 52.1. The molecule has 6 heteroatoms. The summed E-state index contributed by atoms with van der Waals surface area (Å²) in [4.78, 5) is 24.4. The number of ether oxygens (including phenoxy) is 1. The van der Waals surface area contributed by atoms with Gasteiger partial charge in [-0.2, -0.15) is 0 Å². The Labute approximate surface area is 398 Å². The molecule has 0 aromatic heterocycles. The minimum Gasteiger partial charge on any atom is -0.465 e. The second-order valence-electron chi connectivity index (χ2n) is 19.3. The number of allylic oxidation sites excluding steroid dienone is 5. The molecule has 0 fully saturated rings. The standard InChI is InChI=1S/C58H109NO5/c1-3-5-7-9-11-13-15-17-28-32-36-40-44-48-52-58(63)64-53-49-45-41-37-33-29-26-24-22-20-18-19-21-23-25-27-31-35-39-43-47-51-57(62)59-55(54-60)56(61)50-46-42-38-34-30-16-14-12-10-8-6-4-2/h15,17,29,33,41,45,55-56,60-61H,3-14,16,18-28,30-32,34-40,42-44,46-54H2,1-2H3,(H,59,62)/b17-15-,33-29-,45-41-. The highest BCUT2D eigenvalue weighted by Crippen LogP contribution is 2.17. The molecule has 0 saturated heterocycles. The third-order valence-electron chi connectivity index (χ3n) is 12.9. The van der Waals surface area contributed by atoms with Gasteiger partial charge in [0, 0.05) is 12.8 Å². The molecule has 6 nitrogen and oxygen atoms in total. The van der Waals surface area contributed by atoms with Crippen molar-refractivity contribution in [2.24, 2.45) is 0 Å². The Morgan fingerprint density at radius 2 is 0.781 bits per heavy atom. The van der Waals surface area contributed by atoms with Crippen molar-refractivity contribution in [3.8, 4) is 0 Å². The molecule has 2 atom stereocenters. The number of rotatable bonds is 52. The first-order valence-electron chi connectivity index (χ1n) is 28.2. The highest BCUT2D eigenvalue weighted by molar-refractivity contribution is 5.76. The predicted octanol–water partition coefficient (Wildman–Crippen LogP) is 17.2. The average Bonchev–Trinajstić information content (AvgIpc) is 3.29. The molecule has 1 amide bonds. The molecular weight excluding hydrogens is 791 g/mol. The number of aliphatic hydroxyl groups is 2. The molecule has 0 aliphatic rings. The zero-order valence-corrected chi connectivity index (χ0v) is 42.8. The highest BCUT2D eigenvalue weighted by atomic mass is 16.5. The minimum atomic E-state index is -0.667. The van der Waals surface area contributed by atoms with E-state index >= 15 is 0 Å². The van der Waals surface area contributed by atoms with Gasteiger partial charge in [0.25, 0.3) is 0 Å². The number of amides is 1. The van der Waals surface area contributed by atoms with Crippen molar-refractivity contribution in [1.82, 2.24) is 5.32 Å². The Hall–Kier alpha value is -1.92. The first kappa shape index (κ1) is 62.1. The summed E-state index contributed by atoms with van der Waals surface area (Å²) in [6.07, 6.45) is 65.8. The van der Waals surface area contributed by atoms with Crippen LogP contribution in [-0.4, -0.2) is 47.4 Å². The van der Waals surface area contributed by atoms with E-state index in [-0.39, 0.29) is 18.5 Å². The molecule has 0 saturated carbocycles. The fourth-order valence-corrected chi connectivity index (χ4v) is 8.59. The van der Waals surface area contributed by atoms with Crippen LogP contribution < -0.4 is 5.32 Å². The van der Waals surface area contributed by atoms with Crippen LogP contribution >= 0.6 is 0 Å². The molecule has 2 unspecified atom stereocenters. The van der Waals surface area contributed by atoms with Crippen LogP contribution in [0.1, 0.15) is 296 Å². The van der Waals surface area contributed by atoms with Gasteiger partial charge in [-0.1, -0.05) is 249 Å². The van der Waals surface area contributed by atoms with E-state index in [1.54, 1.807) is 0 Å². The number of esters is 1. The zero-order valence-electron chi connectivity index (χ0n) is 42.8. The zero-order chi connectivity index (χ0) is 46.5. The van der Waals surface area contributed by atoms with Crippen LogP contribution in [0.3, 0.4) is 0 Å². The first-order chi connectivity index (χ1) is 31.5. The molecule has 0 rings (SSSR count). The number of carbonyl (C=O) groups excluding carboxylic acids is 2. The van der Waals surface area contributed by atoms with Gasteiger partial charge < -0.3 is 20.3 Å². The summed E-state index contributed by atoms with van der Waals surface area (Å²) < 4.78 is 5.40. The fraction of sp³-hybridized carbons (Fsp3) is 0.862. The van der Waals surface area contributed by atoms with Crippen LogP contribution in [0.5, 0.6) is 0 Å². The molecule has 0 aliphatic carbocycles. The van der Waals surface area contributed by atoms with Gasteiger partial charge in [-0.25, -0.2) is 0 Å². The van der Waals surface area contributed by atoms with Crippen LogP contribution in [0, 0.1) is 0 Å². The van der Waals surface area contributed by atoms with E-state index < -0.39 is 12.1 Å². The van der Waals surface area contributed by atoms with E-state index in [9.17, 15) is 19.8 Å². The number of aliphatic hydroxyl groups excluding tert-OH is 2. The lowest BCUT2D eigenvalue weighted by atomic mass is 10.0. The van der Waals surface area contributed by atoms with Crippen LogP contribution in [0.25, 0.3) is 0 Å². The minimum absolute atomic E-state index is 0.0405. The average molecular weight is 901 g/mol. The summed E-state index contributed by atoms with van der Waals surface area (Å²) in [5.74, 6) is -0.0845. The molecule has 64 heavy (non-hydrogen) atoms. The third-order valence-corrected chi connectivity index (χ3v) is 12.9. The summed E-state index contributed by atoms with van der Waals surface area (Å²) in [5.41, 5.74) is 0. The largest absolute Gasteiger partial charge is 0.465 e. The lowest BCUT2D eigenvalue weighted by molar-refractivity contribution is -0.143. The number of nitrogens with one attached hydrogen (secondary N) is 1. The number of carbonyl (C=O) groups is 2. The summed E-state index contributed by atoms with van der Waals surface area (Å²) >= 11 is 0. The smallest absolute Gasteiger partial charge is 0.305 e. The van der Waals surface area contributed by atoms with Crippen molar-refractivity contribution >= 4 is 11.9 Å². The third kappa shape index (κ3) is 49.5. The maximum atomic E-state index is 12.4. The molecule has 0 aromatic rings. The first-order valence-corrected chi connectivity index (χ1v) is 28.2. The molecule has 0 aliphatic heterocycles. The molecule has 0 bridgehead atoms. The summed E-state index contributed by atoms with van der Waals surface area (Å²) in [6.45, 7) is 4.83. The van der Waals surface area contributed by atoms with Gasteiger partial charge in [-0.3, -0.25) is 9.59 Å². The van der Waals surface area contributed by atoms with E-state index in [4.69, 9.17) is 4.74 Å². The quantitative estimate of drug-likeness (QED) is 0.0321. The molecule has 3 N–H and O–H groups in total. The Balaban J connectivity index is 3.45. The van der Waals surface area contributed by atoms with Gasteiger partial charge in [0.1, 0.15) is 0 Å². The van der Waals surface area contributed by atoms with Gasteiger partial charge in [-0.15, -0.1) is 0 Å². The lowest BCUT2D eigenvalue weighted by Gasteiger charge is -2.22. The Morgan fingerprint density at radius 3 is 1.20 bits per heavy atom. The number of hydrogen-bond donors (Lipinski definition) is 3. The van der Waals surface area contributed by atoms with E-state index in [1.807, 2.05) is 0 Å². The van der Waals surface area contributed by atoms with E-state index in [1.165, 1.54) is 212 Å². The van der Waals surface area contributed by atoms with Gasteiger partial charge >= 0.3 is 5.97 Å². The molecular formula is C58H109NO5. The van der Waals surface area contributed by atoms with Gasteiger partial charge in [0.2, 0.25) is 5.91 Å². The predicted molar refractivity (Wildman–Crippen MR) is 278 cm³/mol. The van der Waals surface area contributed by atoms with Crippen LogP contribution in [0.4, 0.5) is 0 Å². The van der Waals surface area contributed by atoms with Gasteiger partial charge in [-0.05, 0) is 70.6 Å². The summed E-state index contributed by atoms with van der Waals surface area (Å²) in [6, 6.07) is -0.544. The highest BCUT2D eigenvalue weighted by Gasteiger charge is 2.20. The lowest BCUT2D eigenvalue weighted by Crippen LogP contribution is -2.45. The van der Waals surface area contributed by atoms with Crippen LogP contribution in [0.15, 0.2) is 36.5 Å². The fourth-order valence-electron chi connectivity index (χ4n) is 8.59. The molecule has 0 spiro atoms. The maximum Gasteiger partial charge on any atom is 0.305 e. The normalized spacial score (nSPS) is 12.9. The molecule has 0 heterocycles. The van der Waals surface area contributed by atoms with E-state index in [0.29, 0.717) is 25.9 Å². The van der Waals surface area contributed by atoms with Crippen molar-refractivity contribution in [2.45, 2.75) is 309 Å². The van der Waals surface area contributed by atoms with Crippen molar-refractivity contribution in [1.29, 1.82) is 0 Å². The molecule has 0 aromatic carbocycles. The SMILES string of the molecule is CCCCCCC/C=C\CCCCCCCC(=O)OCC/C=C\C/C=C\CCCCCCCCCCCCCCCCC(=O)NC(CO)C(O)CCCCCCCCCCCCCC. The number of hydrogen-bond acceptors (Lipinski definition) is 5. The second-order valence-corrected chi connectivity index (χ2v) is 19.3. The van der Waals surface area contributed by atoms with E-state index in [0.717, 1.165) is 51.4 Å². The second kappa shape index (κ2) is 53.7. The van der Waals surface area contributed by atoms with Crippen molar-refractivity contribution in [2.75, 3.05) is 13.2 Å². The van der Waals surface area contributed by atoms with Crippen LogP contribution in [-0.2, 0) is 14.3 Å². The van der Waals surface area contributed by atoms with Crippen molar-refractivity contribution < 1.29 is 24.5 Å². The monoisotopic (exact) mass is 900 g/mol. The van der Waals surface area contributed by atoms with Gasteiger partial charge in [0.15, 0.2) is 0 Å². The maximum absolute atomic E-state index is 12.4. The van der Waals surface area contributed by atoms with Crippen molar-refractivity contribution in [3.63, 3.8) is 0 Å². The summed E-state index contributed by atoms with van der Waals surface area (Å²) in [7, 11) is 0. The Bertz CT molecular complexity index is 1040. The van der Waals surface area contributed by atoms with Crippen LogP contribution in [0.2, 0.25) is 0 Å². The molecule has 0 radical (unpaired) electrons. The molecule has 376 valence electrons. The van der Waals surface area contributed by atoms with Gasteiger partial charge in [0.05, 0.1) is 25.4 Å². The topological polar surface area (TPSA) is 95.9 Å². The Morgan fingerprint density at radius 1 is 0.438 bits per heavy atom. The summed E-state index contributed by atoms with van der Waals surface area (Å²) in [5, 5.41) is 23.2.